The normalized spacial score (nSPS) is 15.2. The van der Waals surface area contributed by atoms with E-state index in [1.807, 2.05) is 0 Å². The molecule has 1 aliphatic rings. The molecule has 2 aromatic rings. The molecule has 0 radical (unpaired) electrons. The highest BCUT2D eigenvalue weighted by Gasteiger charge is 2.29. The molecule has 2 heterocycles. The van der Waals surface area contributed by atoms with Gasteiger partial charge in [-0.1, -0.05) is 6.42 Å². The molecule has 0 unspecified atom stereocenters. The predicted octanol–water partition coefficient (Wildman–Crippen LogP) is 2.36. The Bertz CT molecular complexity index is 995. The number of nitrogens with one attached hydrogen (secondary N) is 2. The SMILES string of the molecule is COc1ccc(NC(=O)c2cc([N+](=O)[O-])c[nH]2)cc1S(=O)(=O)N1CCCCC1. The second-order valence-corrected chi connectivity index (χ2v) is 8.22. The number of methoxy groups -OCH3 is 1. The highest BCUT2D eigenvalue weighted by molar-refractivity contribution is 7.89. The van der Waals surface area contributed by atoms with Crippen LogP contribution in [0.3, 0.4) is 0 Å². The van der Waals surface area contributed by atoms with Crippen LogP contribution in [0, 0.1) is 10.1 Å². The molecule has 1 saturated heterocycles. The number of carbonyl (C=O) groups is 1. The molecular formula is C17H20N4O6S. The number of nitro groups is 1. The zero-order valence-electron chi connectivity index (χ0n) is 15.2. The molecule has 0 bridgehead atoms. The Hall–Kier alpha value is -2.92. The van der Waals surface area contributed by atoms with Gasteiger partial charge >= 0.3 is 0 Å². The number of aromatic nitrogens is 1. The molecule has 1 aromatic carbocycles. The highest BCUT2D eigenvalue weighted by atomic mass is 32.2. The summed E-state index contributed by atoms with van der Waals surface area (Å²) in [6.45, 7) is 0.877. The van der Waals surface area contributed by atoms with Gasteiger partial charge in [0.2, 0.25) is 10.0 Å². The first-order chi connectivity index (χ1) is 13.3. The van der Waals surface area contributed by atoms with Crippen LogP contribution in [0.1, 0.15) is 29.8 Å². The van der Waals surface area contributed by atoms with Gasteiger partial charge < -0.3 is 15.0 Å². The van der Waals surface area contributed by atoms with Gasteiger partial charge in [0.25, 0.3) is 11.6 Å². The second-order valence-electron chi connectivity index (χ2n) is 6.31. The van der Waals surface area contributed by atoms with Crippen LogP contribution in [0.4, 0.5) is 11.4 Å². The summed E-state index contributed by atoms with van der Waals surface area (Å²) in [4.78, 5) is 24.9. The Morgan fingerprint density at radius 2 is 1.96 bits per heavy atom. The molecule has 1 fully saturated rings. The summed E-state index contributed by atoms with van der Waals surface area (Å²) in [6.07, 6.45) is 3.68. The molecule has 1 amide bonds. The third kappa shape index (κ3) is 3.99. The molecule has 28 heavy (non-hydrogen) atoms. The van der Waals surface area contributed by atoms with Gasteiger partial charge in [-0.05, 0) is 31.0 Å². The van der Waals surface area contributed by atoms with Crippen LogP contribution in [-0.4, -0.2) is 48.7 Å². The molecule has 0 spiro atoms. The summed E-state index contributed by atoms with van der Waals surface area (Å²) in [5.74, 6) is -0.446. The van der Waals surface area contributed by atoms with Gasteiger partial charge in [0.15, 0.2) is 0 Å². The first-order valence-corrected chi connectivity index (χ1v) is 10.1. The van der Waals surface area contributed by atoms with Crippen LogP contribution in [0.25, 0.3) is 0 Å². The molecule has 1 aliphatic heterocycles. The number of carbonyl (C=O) groups excluding carboxylic acids is 1. The first kappa shape index (κ1) is 19.8. The molecular weight excluding hydrogens is 388 g/mol. The van der Waals surface area contributed by atoms with Crippen LogP contribution in [-0.2, 0) is 10.0 Å². The van der Waals surface area contributed by atoms with Crippen molar-refractivity contribution in [3.8, 4) is 5.75 Å². The van der Waals surface area contributed by atoms with Crippen LogP contribution in [0.5, 0.6) is 5.75 Å². The minimum atomic E-state index is -3.77. The van der Waals surface area contributed by atoms with Crippen molar-refractivity contribution in [3.63, 3.8) is 0 Å². The van der Waals surface area contributed by atoms with E-state index in [0.717, 1.165) is 31.5 Å². The van der Waals surface area contributed by atoms with E-state index < -0.39 is 20.9 Å². The average molecular weight is 408 g/mol. The van der Waals surface area contributed by atoms with Gasteiger partial charge in [-0.3, -0.25) is 14.9 Å². The van der Waals surface area contributed by atoms with Crippen molar-refractivity contribution in [3.05, 3.63) is 46.3 Å². The average Bonchev–Trinajstić information content (AvgIpc) is 3.19. The monoisotopic (exact) mass is 408 g/mol. The van der Waals surface area contributed by atoms with Gasteiger partial charge in [0.1, 0.15) is 16.3 Å². The Morgan fingerprint density at radius 3 is 2.57 bits per heavy atom. The maximum absolute atomic E-state index is 13.0. The number of hydrogen-bond donors (Lipinski definition) is 2. The molecule has 0 atom stereocenters. The molecule has 1 aromatic heterocycles. The van der Waals surface area contributed by atoms with Crippen LogP contribution in [0.2, 0.25) is 0 Å². The second kappa shape index (κ2) is 7.98. The van der Waals surface area contributed by atoms with Crippen molar-refractivity contribution >= 4 is 27.3 Å². The van der Waals surface area contributed by atoms with Crippen molar-refractivity contribution in [1.82, 2.24) is 9.29 Å². The first-order valence-electron chi connectivity index (χ1n) is 8.65. The van der Waals surface area contributed by atoms with Crippen molar-refractivity contribution in [2.24, 2.45) is 0 Å². The van der Waals surface area contributed by atoms with Gasteiger partial charge in [-0.2, -0.15) is 4.31 Å². The van der Waals surface area contributed by atoms with Crippen LogP contribution in [0.15, 0.2) is 35.4 Å². The third-order valence-electron chi connectivity index (χ3n) is 4.48. The van der Waals surface area contributed by atoms with Gasteiger partial charge in [-0.25, -0.2) is 8.42 Å². The Labute approximate surface area is 161 Å². The van der Waals surface area contributed by atoms with E-state index in [2.05, 4.69) is 10.3 Å². The molecule has 3 rings (SSSR count). The number of H-pyrrole nitrogens is 1. The zero-order valence-corrected chi connectivity index (χ0v) is 16.0. The van der Waals surface area contributed by atoms with E-state index >= 15 is 0 Å². The van der Waals surface area contributed by atoms with Crippen LogP contribution < -0.4 is 10.1 Å². The number of amides is 1. The summed E-state index contributed by atoms with van der Waals surface area (Å²) in [5, 5.41) is 13.3. The maximum Gasteiger partial charge on any atom is 0.287 e. The van der Waals surface area contributed by atoms with Crippen molar-refractivity contribution in [2.75, 3.05) is 25.5 Å². The van der Waals surface area contributed by atoms with E-state index in [1.165, 1.54) is 29.6 Å². The molecule has 0 aliphatic carbocycles. The Morgan fingerprint density at radius 1 is 1.25 bits per heavy atom. The van der Waals surface area contributed by atoms with E-state index in [9.17, 15) is 23.3 Å². The number of hydrogen-bond acceptors (Lipinski definition) is 6. The number of ether oxygens (including phenoxy) is 1. The summed E-state index contributed by atoms with van der Waals surface area (Å²) in [6, 6.07) is 5.40. The summed E-state index contributed by atoms with van der Waals surface area (Å²) in [7, 11) is -2.40. The standard InChI is InChI=1S/C17H20N4O6S/c1-27-15-6-5-12(19-17(22)14-10-13(11-18-14)21(23)24)9-16(15)28(25,26)20-7-3-2-4-8-20/h5-6,9-11,18H,2-4,7-8H2,1H3,(H,19,22). The van der Waals surface area contributed by atoms with E-state index in [4.69, 9.17) is 4.74 Å². The zero-order chi connectivity index (χ0) is 20.3. The highest BCUT2D eigenvalue weighted by Crippen LogP contribution is 2.31. The lowest BCUT2D eigenvalue weighted by molar-refractivity contribution is -0.384. The fraction of sp³-hybridized carbons (Fsp3) is 0.353. The minimum absolute atomic E-state index is 0.0112. The molecule has 11 heteroatoms. The fourth-order valence-corrected chi connectivity index (χ4v) is 4.72. The van der Waals surface area contributed by atoms with Crippen molar-refractivity contribution < 1.29 is 22.9 Å². The maximum atomic E-state index is 13.0. The summed E-state index contributed by atoms with van der Waals surface area (Å²) >= 11 is 0. The number of benzene rings is 1. The Kier molecular flexibility index (Phi) is 5.66. The third-order valence-corrected chi connectivity index (χ3v) is 6.40. The number of rotatable bonds is 6. The molecule has 2 N–H and O–H groups in total. The number of anilines is 1. The fourth-order valence-electron chi connectivity index (χ4n) is 3.02. The lowest BCUT2D eigenvalue weighted by Gasteiger charge is -2.26. The van der Waals surface area contributed by atoms with Crippen LogP contribution >= 0.6 is 0 Å². The number of piperidine rings is 1. The molecule has 150 valence electrons. The quantitative estimate of drug-likeness (QED) is 0.556. The largest absolute Gasteiger partial charge is 0.495 e. The van der Waals surface area contributed by atoms with E-state index in [-0.39, 0.29) is 27.7 Å². The summed E-state index contributed by atoms with van der Waals surface area (Å²) in [5.41, 5.74) is -0.0187. The lowest BCUT2D eigenvalue weighted by Crippen LogP contribution is -2.35. The van der Waals surface area contributed by atoms with E-state index in [0.29, 0.717) is 13.1 Å². The van der Waals surface area contributed by atoms with Gasteiger partial charge in [-0.15, -0.1) is 0 Å². The summed E-state index contributed by atoms with van der Waals surface area (Å²) < 4.78 is 32.6. The molecule has 10 nitrogen and oxygen atoms in total. The van der Waals surface area contributed by atoms with Crippen molar-refractivity contribution in [2.45, 2.75) is 24.2 Å². The van der Waals surface area contributed by atoms with Gasteiger partial charge in [0.05, 0.1) is 18.2 Å². The van der Waals surface area contributed by atoms with E-state index in [1.54, 1.807) is 0 Å². The Balaban J connectivity index is 1.87. The number of nitrogens with zero attached hydrogens (tertiary/aromatic N) is 2. The molecule has 0 saturated carbocycles. The van der Waals surface area contributed by atoms with Gasteiger partial charge in [0, 0.05) is 24.8 Å². The van der Waals surface area contributed by atoms with Crippen molar-refractivity contribution in [1.29, 1.82) is 0 Å². The predicted molar refractivity (Wildman–Crippen MR) is 101 cm³/mol. The number of aromatic amines is 1. The smallest absolute Gasteiger partial charge is 0.287 e. The number of sulfonamides is 1. The minimum Gasteiger partial charge on any atom is -0.495 e. The lowest BCUT2D eigenvalue weighted by atomic mass is 10.2. The topological polar surface area (TPSA) is 135 Å².